The second kappa shape index (κ2) is 10.3. The van der Waals surface area contributed by atoms with E-state index in [4.69, 9.17) is 9.47 Å². The highest BCUT2D eigenvalue weighted by atomic mass is 16.5. The normalized spacial score (nSPS) is 17.5. The zero-order valence-corrected chi connectivity index (χ0v) is 19.2. The van der Waals surface area contributed by atoms with Crippen LogP contribution in [0.25, 0.3) is 5.76 Å². The predicted octanol–water partition coefficient (Wildman–Crippen LogP) is 2.86. The number of carbonyl (C=O) groups excluding carboxylic acids is 3. The number of rotatable bonds is 8. The molecule has 8 nitrogen and oxygen atoms in total. The molecule has 0 spiro atoms. The van der Waals surface area contributed by atoms with Crippen molar-refractivity contribution in [1.29, 1.82) is 0 Å². The van der Waals surface area contributed by atoms with Crippen LogP contribution in [0.3, 0.4) is 0 Å². The van der Waals surface area contributed by atoms with Crippen LogP contribution in [0.4, 0.5) is 0 Å². The van der Waals surface area contributed by atoms with Crippen molar-refractivity contribution < 1.29 is 29.0 Å². The Bertz CT molecular complexity index is 1070. The molecule has 1 aliphatic heterocycles. The molecule has 0 bridgehead atoms. The minimum atomic E-state index is -0.787. The summed E-state index contributed by atoms with van der Waals surface area (Å²) in [4.78, 5) is 41.3. The Morgan fingerprint density at radius 3 is 2.36 bits per heavy atom. The van der Waals surface area contributed by atoms with Gasteiger partial charge in [0.2, 0.25) is 0 Å². The van der Waals surface area contributed by atoms with Gasteiger partial charge in [-0.2, -0.15) is 0 Å². The van der Waals surface area contributed by atoms with E-state index in [0.717, 1.165) is 6.54 Å². The molecule has 0 saturated carbocycles. The van der Waals surface area contributed by atoms with Crippen LogP contribution in [-0.2, 0) is 14.3 Å². The summed E-state index contributed by atoms with van der Waals surface area (Å²) in [5.74, 6) is -1.66. The summed E-state index contributed by atoms with van der Waals surface area (Å²) in [6, 6.07) is 12.4. The summed E-state index contributed by atoms with van der Waals surface area (Å²) >= 11 is 0. The number of amides is 1. The number of ether oxygens (including phenoxy) is 2. The van der Waals surface area contributed by atoms with Gasteiger partial charge in [0.15, 0.2) is 0 Å². The first-order valence-corrected chi connectivity index (χ1v) is 10.5. The summed E-state index contributed by atoms with van der Waals surface area (Å²) in [5.41, 5.74) is 1.33. The molecule has 0 unspecified atom stereocenters. The maximum Gasteiger partial charge on any atom is 0.337 e. The molecular formula is C25H28N2O6. The molecule has 1 atom stereocenters. The second-order valence-electron chi connectivity index (χ2n) is 7.99. The number of nitrogens with zero attached hydrogens (tertiary/aromatic N) is 2. The first-order chi connectivity index (χ1) is 15.8. The Labute approximate surface area is 193 Å². The number of hydrogen-bond donors (Lipinski definition) is 1. The van der Waals surface area contributed by atoms with E-state index in [2.05, 4.69) is 0 Å². The number of hydrogen-bond acceptors (Lipinski definition) is 7. The summed E-state index contributed by atoms with van der Waals surface area (Å²) in [6.07, 6.45) is 0.649. The fourth-order valence-electron chi connectivity index (χ4n) is 3.86. The molecule has 8 heteroatoms. The van der Waals surface area contributed by atoms with Crippen molar-refractivity contribution in [3.63, 3.8) is 0 Å². The topological polar surface area (TPSA) is 96.4 Å². The Hall–Kier alpha value is -3.65. The third-order valence-corrected chi connectivity index (χ3v) is 5.53. The molecule has 1 heterocycles. The third-order valence-electron chi connectivity index (χ3n) is 5.53. The Balaban J connectivity index is 2.10. The number of benzene rings is 2. The minimum absolute atomic E-state index is 0.00363. The first-order valence-electron chi connectivity index (χ1n) is 10.5. The van der Waals surface area contributed by atoms with E-state index in [1.807, 2.05) is 19.0 Å². The van der Waals surface area contributed by atoms with Crippen LogP contribution in [0, 0.1) is 0 Å². The molecule has 0 aromatic heterocycles. The van der Waals surface area contributed by atoms with E-state index >= 15 is 0 Å². The van der Waals surface area contributed by atoms with Crippen molar-refractivity contribution in [3.05, 3.63) is 70.8 Å². The Kier molecular flexibility index (Phi) is 7.50. The fraction of sp³-hybridized carbons (Fsp3) is 0.320. The van der Waals surface area contributed by atoms with Crippen molar-refractivity contribution in [2.45, 2.75) is 12.5 Å². The lowest BCUT2D eigenvalue weighted by Crippen LogP contribution is -2.32. The van der Waals surface area contributed by atoms with Gasteiger partial charge in [-0.3, -0.25) is 9.59 Å². The summed E-state index contributed by atoms with van der Waals surface area (Å²) in [6.45, 7) is 1.06. The zero-order chi connectivity index (χ0) is 24.1. The molecule has 1 aliphatic rings. The number of aliphatic hydroxyl groups is 1. The number of likely N-dealkylation sites (tertiary alicyclic amines) is 1. The number of methoxy groups -OCH3 is 2. The molecule has 174 valence electrons. The molecular weight excluding hydrogens is 424 g/mol. The van der Waals surface area contributed by atoms with E-state index in [9.17, 15) is 19.5 Å². The highest BCUT2D eigenvalue weighted by Crippen LogP contribution is 2.39. The molecule has 2 aromatic rings. The van der Waals surface area contributed by atoms with Crippen molar-refractivity contribution in [1.82, 2.24) is 9.80 Å². The SMILES string of the molecule is COC(=O)c1ccc([C@H]2/C(=C(\O)c3cccc(OC)c3)C(=O)C(=O)N2CCCN(C)C)cc1. The molecule has 2 aromatic carbocycles. The van der Waals surface area contributed by atoms with Crippen molar-refractivity contribution in [2.75, 3.05) is 41.4 Å². The van der Waals surface area contributed by atoms with Crippen LogP contribution in [0.5, 0.6) is 5.75 Å². The van der Waals surface area contributed by atoms with Crippen molar-refractivity contribution >= 4 is 23.4 Å². The third kappa shape index (κ3) is 5.06. The van der Waals surface area contributed by atoms with E-state index in [0.29, 0.717) is 35.4 Å². The highest BCUT2D eigenvalue weighted by Gasteiger charge is 2.45. The maximum atomic E-state index is 13.1. The second-order valence-corrected chi connectivity index (χ2v) is 7.99. The zero-order valence-electron chi connectivity index (χ0n) is 19.2. The van der Waals surface area contributed by atoms with Crippen LogP contribution < -0.4 is 4.74 Å². The molecule has 1 saturated heterocycles. The Morgan fingerprint density at radius 2 is 1.76 bits per heavy atom. The lowest BCUT2D eigenvalue weighted by molar-refractivity contribution is -0.139. The van der Waals surface area contributed by atoms with Gasteiger partial charge in [0.25, 0.3) is 11.7 Å². The van der Waals surface area contributed by atoms with Crippen LogP contribution in [0.1, 0.15) is 33.9 Å². The average molecular weight is 453 g/mol. The van der Waals surface area contributed by atoms with E-state index in [1.54, 1.807) is 48.5 Å². The Morgan fingerprint density at radius 1 is 1.06 bits per heavy atom. The maximum absolute atomic E-state index is 13.1. The molecule has 0 aliphatic carbocycles. The molecule has 1 N–H and O–H groups in total. The molecule has 3 rings (SSSR count). The fourth-order valence-corrected chi connectivity index (χ4v) is 3.86. The van der Waals surface area contributed by atoms with E-state index in [1.165, 1.54) is 19.1 Å². The van der Waals surface area contributed by atoms with Crippen LogP contribution >= 0.6 is 0 Å². The number of ketones is 1. The number of carbonyl (C=O) groups is 3. The van der Waals surface area contributed by atoms with Gasteiger partial charge in [0.05, 0.1) is 31.4 Å². The molecule has 33 heavy (non-hydrogen) atoms. The summed E-state index contributed by atoms with van der Waals surface area (Å²) < 4.78 is 9.97. The molecule has 1 amide bonds. The lowest BCUT2D eigenvalue weighted by Gasteiger charge is -2.26. The van der Waals surface area contributed by atoms with Gasteiger partial charge in [-0.15, -0.1) is 0 Å². The van der Waals surface area contributed by atoms with Crippen LogP contribution in [-0.4, -0.2) is 74.0 Å². The van der Waals surface area contributed by atoms with E-state index in [-0.39, 0.29) is 11.3 Å². The quantitative estimate of drug-likeness (QED) is 0.285. The van der Waals surface area contributed by atoms with Gasteiger partial charge in [0.1, 0.15) is 11.5 Å². The van der Waals surface area contributed by atoms with Gasteiger partial charge in [-0.05, 0) is 56.9 Å². The monoisotopic (exact) mass is 452 g/mol. The first kappa shape index (κ1) is 24.0. The highest BCUT2D eigenvalue weighted by molar-refractivity contribution is 6.46. The van der Waals surface area contributed by atoms with E-state index < -0.39 is 23.7 Å². The average Bonchev–Trinajstić information content (AvgIpc) is 3.08. The van der Waals surface area contributed by atoms with Gasteiger partial charge < -0.3 is 24.4 Å². The van der Waals surface area contributed by atoms with Gasteiger partial charge in [-0.25, -0.2) is 4.79 Å². The largest absolute Gasteiger partial charge is 0.507 e. The number of aliphatic hydroxyl groups excluding tert-OH is 1. The number of Topliss-reactive ketones (excluding diaryl/α,β-unsaturated/α-hetero) is 1. The van der Waals surface area contributed by atoms with Crippen molar-refractivity contribution in [2.24, 2.45) is 0 Å². The smallest absolute Gasteiger partial charge is 0.337 e. The standard InChI is InChI=1S/C25H28N2O6/c1-26(2)13-6-14-27-21(16-9-11-17(12-10-16)25(31)33-4)20(23(29)24(27)30)22(28)18-7-5-8-19(15-18)32-3/h5,7-12,15,21,28H,6,13-14H2,1-4H3/b22-20+/t21-/m0/s1. The lowest BCUT2D eigenvalue weighted by atomic mass is 9.94. The van der Waals surface area contributed by atoms with Crippen molar-refractivity contribution in [3.8, 4) is 5.75 Å². The minimum Gasteiger partial charge on any atom is -0.507 e. The molecule has 1 fully saturated rings. The van der Waals surface area contributed by atoms with Crippen LogP contribution in [0.15, 0.2) is 54.1 Å². The van der Waals surface area contributed by atoms with Gasteiger partial charge in [-0.1, -0.05) is 24.3 Å². The summed E-state index contributed by atoms with van der Waals surface area (Å²) in [7, 11) is 6.66. The van der Waals surface area contributed by atoms with Gasteiger partial charge in [0, 0.05) is 12.1 Å². The van der Waals surface area contributed by atoms with Crippen LogP contribution in [0.2, 0.25) is 0 Å². The number of esters is 1. The summed E-state index contributed by atoms with van der Waals surface area (Å²) in [5, 5.41) is 11.1. The van der Waals surface area contributed by atoms with Gasteiger partial charge >= 0.3 is 5.97 Å². The predicted molar refractivity (Wildman–Crippen MR) is 123 cm³/mol. The molecule has 0 radical (unpaired) electrons.